The third kappa shape index (κ3) is 7.30. The number of anilines is 1. The molecular weight excluding hydrogens is 429 g/mol. The van der Waals surface area contributed by atoms with Gasteiger partial charge in [-0.3, -0.25) is 9.59 Å². The normalized spacial score (nSPS) is 12.2. The first-order valence-electron chi connectivity index (χ1n) is 9.87. The fraction of sp³-hybridized carbons (Fsp3) is 0.524. The van der Waals surface area contributed by atoms with Gasteiger partial charge in [-0.25, -0.2) is 0 Å². The number of nitrogens with one attached hydrogen (secondary N) is 1. The second-order valence-corrected chi connectivity index (χ2v) is 9.66. The number of rotatable bonds is 7. The molecule has 0 spiro atoms. The van der Waals surface area contributed by atoms with Gasteiger partial charge < -0.3 is 10.2 Å². The highest BCUT2D eigenvalue weighted by Crippen LogP contribution is 2.32. The standard InChI is InChI=1S/C21H27F3N4O2S/c1-13(2)12-28(18(30)20(3,4)5)11-10-16(29)25-19-27-26-17(31-19)14-6-8-15(9-7-14)21(22,23)24/h6-9,13H,10-12H2,1-5H3,(H,25,27,29). The Kier molecular flexibility index (Phi) is 7.80. The van der Waals surface area contributed by atoms with Crippen LogP contribution in [0.5, 0.6) is 0 Å². The molecule has 0 saturated heterocycles. The average molecular weight is 457 g/mol. The first kappa shape index (κ1) is 24.8. The zero-order valence-electron chi connectivity index (χ0n) is 18.2. The summed E-state index contributed by atoms with van der Waals surface area (Å²) in [6.07, 6.45) is -4.31. The molecule has 2 aromatic rings. The summed E-state index contributed by atoms with van der Waals surface area (Å²) in [4.78, 5) is 26.7. The molecule has 10 heteroatoms. The van der Waals surface area contributed by atoms with Crippen molar-refractivity contribution in [1.82, 2.24) is 15.1 Å². The molecule has 0 atom stereocenters. The number of carbonyl (C=O) groups excluding carboxylic acids is 2. The van der Waals surface area contributed by atoms with Gasteiger partial charge in [0.1, 0.15) is 5.01 Å². The maximum Gasteiger partial charge on any atom is 0.416 e. The number of benzene rings is 1. The predicted octanol–water partition coefficient (Wildman–Crippen LogP) is 5.08. The topological polar surface area (TPSA) is 75.2 Å². The number of hydrogen-bond acceptors (Lipinski definition) is 5. The lowest BCUT2D eigenvalue weighted by Gasteiger charge is -2.30. The van der Waals surface area contributed by atoms with Crippen molar-refractivity contribution in [2.24, 2.45) is 11.3 Å². The molecule has 6 nitrogen and oxygen atoms in total. The number of halogens is 3. The Bertz CT molecular complexity index is 903. The van der Waals surface area contributed by atoms with Crippen molar-refractivity contribution in [3.63, 3.8) is 0 Å². The maximum absolute atomic E-state index is 12.7. The van der Waals surface area contributed by atoms with E-state index in [4.69, 9.17) is 0 Å². The molecule has 0 aliphatic carbocycles. The van der Waals surface area contributed by atoms with E-state index in [1.165, 1.54) is 12.1 Å². The van der Waals surface area contributed by atoms with Crippen molar-refractivity contribution in [1.29, 1.82) is 0 Å². The minimum atomic E-state index is -4.41. The summed E-state index contributed by atoms with van der Waals surface area (Å²) in [5, 5.41) is 11.1. The van der Waals surface area contributed by atoms with Crippen LogP contribution < -0.4 is 5.32 Å². The highest BCUT2D eigenvalue weighted by molar-refractivity contribution is 7.18. The number of hydrogen-bond donors (Lipinski definition) is 1. The van der Waals surface area contributed by atoms with Crippen LogP contribution in [0.2, 0.25) is 0 Å². The molecule has 2 rings (SSSR count). The van der Waals surface area contributed by atoms with Crippen molar-refractivity contribution in [3.8, 4) is 10.6 Å². The van der Waals surface area contributed by atoms with E-state index >= 15 is 0 Å². The second-order valence-electron chi connectivity index (χ2n) is 8.68. The zero-order valence-corrected chi connectivity index (χ0v) is 19.0. The fourth-order valence-electron chi connectivity index (χ4n) is 2.80. The second kappa shape index (κ2) is 9.76. The molecule has 1 aromatic heterocycles. The average Bonchev–Trinajstić information content (AvgIpc) is 3.11. The van der Waals surface area contributed by atoms with Gasteiger partial charge in [0.15, 0.2) is 0 Å². The molecule has 0 unspecified atom stereocenters. The third-order valence-electron chi connectivity index (χ3n) is 4.25. The highest BCUT2D eigenvalue weighted by atomic mass is 32.1. The number of nitrogens with zero attached hydrogens (tertiary/aromatic N) is 3. The number of alkyl halides is 3. The van der Waals surface area contributed by atoms with Crippen LogP contribution in [0.15, 0.2) is 24.3 Å². The van der Waals surface area contributed by atoms with Crippen LogP contribution in [-0.2, 0) is 15.8 Å². The van der Waals surface area contributed by atoms with Gasteiger partial charge in [-0.2, -0.15) is 13.2 Å². The summed E-state index contributed by atoms with van der Waals surface area (Å²) >= 11 is 1.07. The number of amides is 2. The van der Waals surface area contributed by atoms with Gasteiger partial charge in [-0.1, -0.05) is 58.1 Å². The summed E-state index contributed by atoms with van der Waals surface area (Å²) in [5.74, 6) is -0.0658. The zero-order chi connectivity index (χ0) is 23.4. The van der Waals surface area contributed by atoms with Gasteiger partial charge in [-0.05, 0) is 18.1 Å². The predicted molar refractivity (Wildman–Crippen MR) is 114 cm³/mol. The molecular formula is C21H27F3N4O2S. The van der Waals surface area contributed by atoms with Gasteiger partial charge in [0, 0.05) is 30.5 Å². The largest absolute Gasteiger partial charge is 0.416 e. The number of aromatic nitrogens is 2. The van der Waals surface area contributed by atoms with E-state index in [0.29, 0.717) is 17.1 Å². The van der Waals surface area contributed by atoms with Crippen molar-refractivity contribution in [3.05, 3.63) is 29.8 Å². The maximum atomic E-state index is 12.7. The van der Waals surface area contributed by atoms with E-state index in [2.05, 4.69) is 15.5 Å². The van der Waals surface area contributed by atoms with E-state index < -0.39 is 17.2 Å². The monoisotopic (exact) mass is 456 g/mol. The molecule has 1 N–H and O–H groups in total. The molecule has 0 aliphatic rings. The minimum Gasteiger partial charge on any atom is -0.341 e. The van der Waals surface area contributed by atoms with E-state index in [1.54, 1.807) is 4.90 Å². The molecule has 0 saturated carbocycles. The van der Waals surface area contributed by atoms with E-state index in [1.807, 2.05) is 34.6 Å². The lowest BCUT2D eigenvalue weighted by molar-refractivity contribution is -0.140. The Hall–Kier alpha value is -2.49. The van der Waals surface area contributed by atoms with Crippen molar-refractivity contribution < 1.29 is 22.8 Å². The molecule has 0 fully saturated rings. The Morgan fingerprint density at radius 3 is 2.23 bits per heavy atom. The molecule has 0 bridgehead atoms. The molecule has 1 aromatic carbocycles. The summed E-state index contributed by atoms with van der Waals surface area (Å²) in [5.41, 5.74) is -0.809. The fourth-order valence-corrected chi connectivity index (χ4v) is 3.57. The van der Waals surface area contributed by atoms with Crippen LogP contribution in [0, 0.1) is 11.3 Å². The highest BCUT2D eigenvalue weighted by Gasteiger charge is 2.30. The van der Waals surface area contributed by atoms with Crippen LogP contribution in [0.1, 0.15) is 46.6 Å². The van der Waals surface area contributed by atoms with Crippen LogP contribution in [-0.4, -0.2) is 40.0 Å². The first-order valence-corrected chi connectivity index (χ1v) is 10.7. The molecule has 31 heavy (non-hydrogen) atoms. The van der Waals surface area contributed by atoms with Gasteiger partial charge in [-0.15, -0.1) is 10.2 Å². The summed E-state index contributed by atoms with van der Waals surface area (Å²) in [6.45, 7) is 10.4. The van der Waals surface area contributed by atoms with Gasteiger partial charge in [0.2, 0.25) is 16.9 Å². The van der Waals surface area contributed by atoms with E-state index in [0.717, 1.165) is 23.5 Å². The van der Waals surface area contributed by atoms with Crippen molar-refractivity contribution in [2.45, 2.75) is 47.2 Å². The van der Waals surface area contributed by atoms with E-state index in [9.17, 15) is 22.8 Å². The van der Waals surface area contributed by atoms with Crippen LogP contribution in [0.4, 0.5) is 18.3 Å². The van der Waals surface area contributed by atoms with Crippen LogP contribution >= 0.6 is 11.3 Å². The van der Waals surface area contributed by atoms with Gasteiger partial charge in [0.25, 0.3) is 0 Å². The Labute approximate surface area is 183 Å². The summed E-state index contributed by atoms with van der Waals surface area (Å²) in [7, 11) is 0. The number of carbonyl (C=O) groups is 2. The SMILES string of the molecule is CC(C)CN(CCC(=O)Nc1nnc(-c2ccc(C(F)(F)F)cc2)s1)C(=O)C(C)(C)C. The first-order chi connectivity index (χ1) is 14.3. The van der Waals surface area contributed by atoms with Crippen molar-refractivity contribution in [2.75, 3.05) is 18.4 Å². The van der Waals surface area contributed by atoms with Crippen LogP contribution in [0.3, 0.4) is 0 Å². The van der Waals surface area contributed by atoms with Gasteiger partial charge >= 0.3 is 6.18 Å². The lowest BCUT2D eigenvalue weighted by Crippen LogP contribution is -2.42. The Morgan fingerprint density at radius 2 is 1.71 bits per heavy atom. The quantitative estimate of drug-likeness (QED) is 0.630. The lowest BCUT2D eigenvalue weighted by atomic mass is 9.94. The molecule has 2 amide bonds. The minimum absolute atomic E-state index is 0.0190. The Balaban J connectivity index is 1.98. The summed E-state index contributed by atoms with van der Waals surface area (Å²) < 4.78 is 38.1. The molecule has 1 heterocycles. The van der Waals surface area contributed by atoms with Crippen LogP contribution in [0.25, 0.3) is 10.6 Å². The molecule has 170 valence electrons. The molecule has 0 aliphatic heterocycles. The smallest absolute Gasteiger partial charge is 0.341 e. The van der Waals surface area contributed by atoms with Crippen molar-refractivity contribution >= 4 is 28.3 Å². The van der Waals surface area contributed by atoms with Gasteiger partial charge in [0.05, 0.1) is 5.56 Å². The molecule has 0 radical (unpaired) electrons. The third-order valence-corrected chi connectivity index (χ3v) is 5.14. The Morgan fingerprint density at radius 1 is 1.10 bits per heavy atom. The summed E-state index contributed by atoms with van der Waals surface area (Å²) in [6, 6.07) is 4.59. The van der Waals surface area contributed by atoms with E-state index in [-0.39, 0.29) is 35.8 Å².